The van der Waals surface area contributed by atoms with Gasteiger partial charge in [-0.05, 0) is 6.07 Å². The number of amides is 1. The molecule has 0 saturated heterocycles. The Morgan fingerprint density at radius 3 is 2.91 bits per heavy atom. The number of carbonyl (C=O) groups is 1. The predicted molar refractivity (Wildman–Crippen MR) is 41.0 cm³/mol. The minimum Gasteiger partial charge on any atom is -0.355 e. The Kier molecular flexibility index (Phi) is 2.21. The van der Waals surface area contributed by atoms with Gasteiger partial charge in [0.2, 0.25) is 0 Å². The zero-order valence-corrected chi connectivity index (χ0v) is 6.66. The van der Waals surface area contributed by atoms with E-state index in [1.54, 1.807) is 19.3 Å². The van der Waals surface area contributed by atoms with Crippen molar-refractivity contribution in [3.05, 3.63) is 30.1 Å². The van der Waals surface area contributed by atoms with Crippen molar-refractivity contribution < 1.29 is 9.36 Å². The van der Waals surface area contributed by atoms with Gasteiger partial charge in [-0.25, -0.2) is 4.57 Å². The third-order valence-corrected chi connectivity index (χ3v) is 1.43. The minimum atomic E-state index is -0.0544. The zero-order chi connectivity index (χ0) is 8.27. The molecule has 3 heteroatoms. The van der Waals surface area contributed by atoms with E-state index in [2.05, 4.69) is 5.32 Å². The molecule has 0 saturated carbocycles. The zero-order valence-electron chi connectivity index (χ0n) is 6.66. The summed E-state index contributed by atoms with van der Waals surface area (Å²) in [5.41, 5.74) is 0.678. The number of pyridine rings is 1. The number of aromatic nitrogens is 1. The minimum absolute atomic E-state index is 0.0544. The molecule has 1 heterocycles. The van der Waals surface area contributed by atoms with Crippen LogP contribution in [0.5, 0.6) is 0 Å². The molecule has 0 spiro atoms. The highest BCUT2D eigenvalue weighted by atomic mass is 16.1. The van der Waals surface area contributed by atoms with Gasteiger partial charge in [-0.2, -0.15) is 0 Å². The van der Waals surface area contributed by atoms with Crippen LogP contribution < -0.4 is 9.88 Å². The number of rotatable bonds is 1. The van der Waals surface area contributed by atoms with E-state index < -0.39 is 0 Å². The van der Waals surface area contributed by atoms with E-state index in [-0.39, 0.29) is 5.91 Å². The maximum Gasteiger partial charge on any atom is 0.257 e. The monoisotopic (exact) mass is 151 g/mol. The van der Waals surface area contributed by atoms with E-state index in [9.17, 15) is 4.79 Å². The van der Waals surface area contributed by atoms with Gasteiger partial charge < -0.3 is 5.32 Å². The van der Waals surface area contributed by atoms with Gasteiger partial charge in [-0.1, -0.05) is 0 Å². The molecule has 0 fully saturated rings. The first kappa shape index (κ1) is 7.72. The average Bonchev–Trinajstić information content (AvgIpc) is 2.03. The lowest BCUT2D eigenvalue weighted by molar-refractivity contribution is -0.671. The Morgan fingerprint density at radius 2 is 2.36 bits per heavy atom. The van der Waals surface area contributed by atoms with Gasteiger partial charge in [0.15, 0.2) is 12.4 Å². The molecule has 11 heavy (non-hydrogen) atoms. The molecular weight excluding hydrogens is 140 g/mol. The lowest BCUT2D eigenvalue weighted by Crippen LogP contribution is -2.29. The van der Waals surface area contributed by atoms with Crippen molar-refractivity contribution in [1.82, 2.24) is 5.32 Å². The second-order valence-electron chi connectivity index (χ2n) is 2.34. The Bertz CT molecular complexity index is 271. The summed E-state index contributed by atoms with van der Waals surface area (Å²) < 4.78 is 1.84. The molecule has 0 unspecified atom stereocenters. The number of hydrogen-bond donors (Lipinski definition) is 1. The van der Waals surface area contributed by atoms with E-state index in [0.717, 1.165) is 0 Å². The second kappa shape index (κ2) is 3.14. The number of hydrogen-bond acceptors (Lipinski definition) is 1. The van der Waals surface area contributed by atoms with Crippen LogP contribution in [0, 0.1) is 0 Å². The molecule has 1 rings (SSSR count). The second-order valence-corrected chi connectivity index (χ2v) is 2.34. The summed E-state index contributed by atoms with van der Waals surface area (Å²) in [6.45, 7) is 0. The molecule has 1 aromatic heterocycles. The summed E-state index contributed by atoms with van der Waals surface area (Å²) in [4.78, 5) is 11.0. The lowest BCUT2D eigenvalue weighted by Gasteiger charge is -1.95. The molecule has 1 N–H and O–H groups in total. The normalized spacial score (nSPS) is 9.27. The fourth-order valence-corrected chi connectivity index (χ4v) is 0.867. The molecule has 58 valence electrons. The highest BCUT2D eigenvalue weighted by Gasteiger charge is 2.04. The van der Waals surface area contributed by atoms with Crippen molar-refractivity contribution >= 4 is 5.91 Å². The van der Waals surface area contributed by atoms with Gasteiger partial charge >= 0.3 is 0 Å². The molecule has 0 radical (unpaired) electrons. The SMILES string of the molecule is CNC(=O)c1ccc[n+](C)c1. The number of carbonyl (C=O) groups excluding carboxylic acids is 1. The van der Waals surface area contributed by atoms with E-state index in [0.29, 0.717) is 5.56 Å². The van der Waals surface area contributed by atoms with Gasteiger partial charge in [-0.3, -0.25) is 4.79 Å². The molecular formula is C8H11N2O+. The third-order valence-electron chi connectivity index (χ3n) is 1.43. The van der Waals surface area contributed by atoms with Gasteiger partial charge in [0.25, 0.3) is 5.91 Å². The molecule has 0 aliphatic heterocycles. The number of nitrogens with zero attached hydrogens (tertiary/aromatic N) is 1. The van der Waals surface area contributed by atoms with E-state index in [1.165, 1.54) is 0 Å². The molecule has 3 nitrogen and oxygen atoms in total. The van der Waals surface area contributed by atoms with Crippen molar-refractivity contribution in [2.45, 2.75) is 0 Å². The van der Waals surface area contributed by atoms with Crippen molar-refractivity contribution in [1.29, 1.82) is 0 Å². The maximum absolute atomic E-state index is 11.0. The summed E-state index contributed by atoms with van der Waals surface area (Å²) in [5.74, 6) is -0.0544. The fourth-order valence-electron chi connectivity index (χ4n) is 0.867. The summed E-state index contributed by atoms with van der Waals surface area (Å²) in [7, 11) is 3.50. The van der Waals surface area contributed by atoms with Crippen molar-refractivity contribution in [3.63, 3.8) is 0 Å². The molecule has 0 aliphatic carbocycles. The van der Waals surface area contributed by atoms with Crippen LogP contribution >= 0.6 is 0 Å². The van der Waals surface area contributed by atoms with Crippen molar-refractivity contribution in [2.24, 2.45) is 7.05 Å². The highest BCUT2D eigenvalue weighted by Crippen LogP contribution is 1.91. The fraction of sp³-hybridized carbons (Fsp3) is 0.250. The summed E-state index contributed by atoms with van der Waals surface area (Å²) in [6.07, 6.45) is 3.66. The van der Waals surface area contributed by atoms with Crippen molar-refractivity contribution in [2.75, 3.05) is 7.05 Å². The maximum atomic E-state index is 11.0. The third kappa shape index (κ3) is 1.77. The van der Waals surface area contributed by atoms with E-state index >= 15 is 0 Å². The quantitative estimate of drug-likeness (QED) is 0.557. The first-order chi connectivity index (χ1) is 5.24. The van der Waals surface area contributed by atoms with Crippen LogP contribution in [-0.4, -0.2) is 13.0 Å². The summed E-state index contributed by atoms with van der Waals surface area (Å²) in [6, 6.07) is 3.61. The van der Waals surface area contributed by atoms with Crippen LogP contribution in [0.4, 0.5) is 0 Å². The Hall–Kier alpha value is -1.38. The van der Waals surface area contributed by atoms with Gasteiger partial charge in [-0.15, -0.1) is 0 Å². The Morgan fingerprint density at radius 1 is 1.64 bits per heavy atom. The Labute approximate surface area is 65.7 Å². The summed E-state index contributed by atoms with van der Waals surface area (Å²) >= 11 is 0. The molecule has 0 atom stereocenters. The summed E-state index contributed by atoms with van der Waals surface area (Å²) in [5, 5.41) is 2.56. The van der Waals surface area contributed by atoms with Crippen LogP contribution in [0.15, 0.2) is 24.5 Å². The van der Waals surface area contributed by atoms with Crippen LogP contribution in [0.2, 0.25) is 0 Å². The lowest BCUT2D eigenvalue weighted by atomic mass is 10.3. The first-order valence-corrected chi connectivity index (χ1v) is 3.41. The van der Waals surface area contributed by atoms with Crippen molar-refractivity contribution in [3.8, 4) is 0 Å². The smallest absolute Gasteiger partial charge is 0.257 e. The first-order valence-electron chi connectivity index (χ1n) is 3.41. The predicted octanol–water partition coefficient (Wildman–Crippen LogP) is -0.129. The topological polar surface area (TPSA) is 33.0 Å². The van der Waals surface area contributed by atoms with Gasteiger partial charge in [0.1, 0.15) is 12.6 Å². The molecule has 0 aliphatic rings. The van der Waals surface area contributed by atoms with Crippen LogP contribution in [-0.2, 0) is 7.05 Å². The Balaban J connectivity index is 2.96. The van der Waals surface area contributed by atoms with Crippen LogP contribution in [0.25, 0.3) is 0 Å². The highest BCUT2D eigenvalue weighted by molar-refractivity contribution is 5.93. The molecule has 1 amide bonds. The van der Waals surface area contributed by atoms with Gasteiger partial charge in [0, 0.05) is 13.1 Å². The largest absolute Gasteiger partial charge is 0.355 e. The molecule has 1 aromatic rings. The molecule has 0 bridgehead atoms. The molecule has 0 aromatic carbocycles. The average molecular weight is 151 g/mol. The standard InChI is InChI=1S/C8H10N2O/c1-9-8(11)7-4-3-5-10(2)6-7/h3-6H,1-2H3/p+1. The van der Waals surface area contributed by atoms with Crippen LogP contribution in [0.3, 0.4) is 0 Å². The van der Waals surface area contributed by atoms with Gasteiger partial charge in [0.05, 0.1) is 0 Å². The van der Waals surface area contributed by atoms with E-state index in [4.69, 9.17) is 0 Å². The number of nitrogens with one attached hydrogen (secondary N) is 1. The van der Waals surface area contributed by atoms with Crippen LogP contribution in [0.1, 0.15) is 10.4 Å². The number of aryl methyl sites for hydroxylation is 1. The van der Waals surface area contributed by atoms with E-state index in [1.807, 2.05) is 23.9 Å².